The fraction of sp³-hybridized carbons (Fsp3) is 0.700. The molecule has 0 spiro atoms. The first kappa shape index (κ1) is 26.4. The average molecular weight is 450 g/mol. The Morgan fingerprint density at radius 1 is 0.759 bits per heavy atom. The fourth-order valence-electron chi connectivity index (χ4n) is 2.92. The molecule has 168 valence electrons. The Balaban J connectivity index is 2.15. The standard InChI is InChI=1S/C20H36O7P2/c1-3-26-29(24,27-4-2)20-15-13-19(14-16-20)25-17-11-9-7-5-6-8-10-12-18-28(21,22)23/h13-16H,3-12,17-18H2,1-2H3,(H2,21,22,23). The van der Waals surface area contributed by atoms with E-state index in [4.69, 9.17) is 23.6 Å². The topological polar surface area (TPSA) is 102 Å². The lowest BCUT2D eigenvalue weighted by Gasteiger charge is -2.17. The zero-order valence-corrected chi connectivity index (χ0v) is 19.4. The second kappa shape index (κ2) is 14.3. The molecule has 0 saturated heterocycles. The second-order valence-electron chi connectivity index (χ2n) is 6.89. The van der Waals surface area contributed by atoms with Gasteiger partial charge in [0.1, 0.15) is 5.75 Å². The fourth-order valence-corrected chi connectivity index (χ4v) is 5.12. The van der Waals surface area contributed by atoms with Crippen molar-refractivity contribution in [1.82, 2.24) is 0 Å². The van der Waals surface area contributed by atoms with Crippen LogP contribution in [0.25, 0.3) is 0 Å². The predicted molar refractivity (Wildman–Crippen MR) is 116 cm³/mol. The monoisotopic (exact) mass is 450 g/mol. The van der Waals surface area contributed by atoms with Crippen molar-refractivity contribution in [2.45, 2.75) is 65.2 Å². The molecule has 0 amide bonds. The number of rotatable bonds is 17. The lowest BCUT2D eigenvalue weighted by Crippen LogP contribution is -2.10. The molecule has 1 aromatic rings. The molecular weight excluding hydrogens is 414 g/mol. The van der Waals surface area contributed by atoms with Crippen LogP contribution < -0.4 is 10.0 Å². The zero-order valence-electron chi connectivity index (χ0n) is 17.6. The van der Waals surface area contributed by atoms with E-state index >= 15 is 0 Å². The van der Waals surface area contributed by atoms with Crippen LogP contribution in [0.2, 0.25) is 0 Å². The molecule has 0 saturated carbocycles. The normalized spacial score (nSPS) is 12.3. The van der Waals surface area contributed by atoms with E-state index in [0.29, 0.717) is 31.5 Å². The SMILES string of the molecule is CCOP(=O)(OCC)c1ccc(OCCCCCCCCCCP(=O)(O)O)cc1. The summed E-state index contributed by atoms with van der Waals surface area (Å²) in [5.74, 6) is 0.735. The number of hydrogen-bond acceptors (Lipinski definition) is 5. The summed E-state index contributed by atoms with van der Waals surface area (Å²) in [6, 6.07) is 7.04. The van der Waals surface area contributed by atoms with Crippen LogP contribution in [-0.2, 0) is 18.2 Å². The summed E-state index contributed by atoms with van der Waals surface area (Å²) in [5, 5.41) is 0.536. The van der Waals surface area contributed by atoms with Crippen molar-refractivity contribution in [3.63, 3.8) is 0 Å². The minimum atomic E-state index is -3.82. The van der Waals surface area contributed by atoms with Gasteiger partial charge < -0.3 is 23.6 Å². The molecule has 0 aliphatic rings. The molecule has 9 heteroatoms. The number of unbranched alkanes of at least 4 members (excludes halogenated alkanes) is 7. The molecule has 0 unspecified atom stereocenters. The highest BCUT2D eigenvalue weighted by molar-refractivity contribution is 7.62. The van der Waals surface area contributed by atoms with Crippen molar-refractivity contribution < 1.29 is 32.7 Å². The van der Waals surface area contributed by atoms with Crippen LogP contribution in [0.15, 0.2) is 24.3 Å². The van der Waals surface area contributed by atoms with Gasteiger partial charge in [0.15, 0.2) is 0 Å². The number of benzene rings is 1. The molecule has 2 N–H and O–H groups in total. The van der Waals surface area contributed by atoms with Crippen molar-refractivity contribution in [3.8, 4) is 5.75 Å². The third-order valence-corrected chi connectivity index (χ3v) is 7.39. The van der Waals surface area contributed by atoms with Crippen LogP contribution in [0.3, 0.4) is 0 Å². The maximum absolute atomic E-state index is 12.7. The smallest absolute Gasteiger partial charge is 0.361 e. The van der Waals surface area contributed by atoms with E-state index < -0.39 is 15.2 Å². The van der Waals surface area contributed by atoms with Gasteiger partial charge in [0, 0.05) is 6.16 Å². The van der Waals surface area contributed by atoms with Gasteiger partial charge in [-0.25, -0.2) is 0 Å². The molecular formula is C20H36O7P2. The molecule has 0 fully saturated rings. The van der Waals surface area contributed by atoms with E-state index in [2.05, 4.69) is 0 Å². The Labute approximate surface area is 174 Å². The van der Waals surface area contributed by atoms with E-state index in [9.17, 15) is 9.13 Å². The minimum absolute atomic E-state index is 0.000124. The molecule has 1 rings (SSSR count). The van der Waals surface area contributed by atoms with Gasteiger partial charge in [0.05, 0.1) is 25.1 Å². The van der Waals surface area contributed by atoms with Gasteiger partial charge in [-0.05, 0) is 51.0 Å². The molecule has 29 heavy (non-hydrogen) atoms. The van der Waals surface area contributed by atoms with Crippen LogP contribution in [-0.4, -0.2) is 35.8 Å². The second-order valence-corrected chi connectivity index (χ2v) is 10.7. The highest BCUT2D eigenvalue weighted by Gasteiger charge is 2.26. The summed E-state index contributed by atoms with van der Waals surface area (Å²) in [6.45, 7) is 4.85. The predicted octanol–water partition coefficient (Wildman–Crippen LogP) is 5.26. The molecule has 0 bridgehead atoms. The lowest BCUT2D eigenvalue weighted by atomic mass is 10.1. The van der Waals surface area contributed by atoms with Gasteiger partial charge in [0.2, 0.25) is 0 Å². The highest BCUT2D eigenvalue weighted by atomic mass is 31.2. The summed E-state index contributed by atoms with van der Waals surface area (Å²) in [7, 11) is -7.07. The van der Waals surface area contributed by atoms with Gasteiger partial charge >= 0.3 is 15.2 Å². The van der Waals surface area contributed by atoms with Crippen molar-refractivity contribution >= 4 is 20.5 Å². The van der Waals surface area contributed by atoms with E-state index in [1.54, 1.807) is 38.1 Å². The Kier molecular flexibility index (Phi) is 13.0. The third-order valence-electron chi connectivity index (χ3n) is 4.36. The van der Waals surface area contributed by atoms with Gasteiger partial charge in [-0.1, -0.05) is 38.5 Å². The molecule has 0 heterocycles. The van der Waals surface area contributed by atoms with Crippen LogP contribution in [0, 0.1) is 0 Å². The number of ether oxygens (including phenoxy) is 1. The van der Waals surface area contributed by atoms with E-state index in [0.717, 1.165) is 50.7 Å². The molecule has 0 aliphatic carbocycles. The maximum Gasteiger partial charge on any atom is 0.361 e. The quantitative estimate of drug-likeness (QED) is 0.247. The Bertz CT molecular complexity index is 633. The minimum Gasteiger partial charge on any atom is -0.494 e. The van der Waals surface area contributed by atoms with E-state index in [-0.39, 0.29) is 6.16 Å². The molecule has 0 aromatic heterocycles. The molecule has 0 aliphatic heterocycles. The summed E-state index contributed by atoms with van der Waals surface area (Å²) in [5.41, 5.74) is 0. The number of hydrogen-bond donors (Lipinski definition) is 2. The average Bonchev–Trinajstić information content (AvgIpc) is 2.66. The first-order valence-corrected chi connectivity index (χ1v) is 13.8. The summed E-state index contributed by atoms with van der Waals surface area (Å²) in [4.78, 5) is 17.6. The van der Waals surface area contributed by atoms with Crippen molar-refractivity contribution in [2.75, 3.05) is 26.0 Å². The van der Waals surface area contributed by atoms with Gasteiger partial charge in [-0.15, -0.1) is 0 Å². The summed E-state index contributed by atoms with van der Waals surface area (Å²) >= 11 is 0. The highest BCUT2D eigenvalue weighted by Crippen LogP contribution is 2.46. The zero-order chi connectivity index (χ0) is 21.6. The first-order valence-electron chi connectivity index (χ1n) is 10.5. The maximum atomic E-state index is 12.7. The van der Waals surface area contributed by atoms with E-state index in [1.165, 1.54) is 0 Å². The van der Waals surface area contributed by atoms with Gasteiger partial charge in [0.25, 0.3) is 0 Å². The Morgan fingerprint density at radius 3 is 1.72 bits per heavy atom. The van der Waals surface area contributed by atoms with Crippen LogP contribution in [0.1, 0.15) is 65.2 Å². The van der Waals surface area contributed by atoms with Crippen molar-refractivity contribution in [1.29, 1.82) is 0 Å². The van der Waals surface area contributed by atoms with Crippen LogP contribution in [0.5, 0.6) is 5.75 Å². The molecule has 1 aromatic carbocycles. The van der Waals surface area contributed by atoms with Gasteiger partial charge in [-0.2, -0.15) is 0 Å². The van der Waals surface area contributed by atoms with Crippen molar-refractivity contribution in [3.05, 3.63) is 24.3 Å². The van der Waals surface area contributed by atoms with E-state index in [1.807, 2.05) is 0 Å². The summed E-state index contributed by atoms with van der Waals surface area (Å²) in [6.07, 6.45) is 7.92. The van der Waals surface area contributed by atoms with Gasteiger partial charge in [-0.3, -0.25) is 9.13 Å². The Hall–Kier alpha value is -0.680. The summed E-state index contributed by atoms with van der Waals surface area (Å²) < 4.78 is 39.8. The van der Waals surface area contributed by atoms with Crippen LogP contribution in [0.4, 0.5) is 0 Å². The lowest BCUT2D eigenvalue weighted by molar-refractivity contribution is 0.230. The molecule has 7 nitrogen and oxygen atoms in total. The largest absolute Gasteiger partial charge is 0.494 e. The van der Waals surface area contributed by atoms with Crippen LogP contribution >= 0.6 is 15.2 Å². The van der Waals surface area contributed by atoms with Crippen molar-refractivity contribution in [2.24, 2.45) is 0 Å². The molecule has 0 atom stereocenters. The first-order chi connectivity index (χ1) is 13.8. The third kappa shape index (κ3) is 11.9. The Morgan fingerprint density at radius 2 is 1.24 bits per heavy atom. The molecule has 0 radical (unpaired) electrons.